The number of fused-ring (bicyclic) bond motifs is 1. The summed E-state index contributed by atoms with van der Waals surface area (Å²) in [6, 6.07) is 18.9. The fourth-order valence-electron chi connectivity index (χ4n) is 4.75. The Morgan fingerprint density at radius 1 is 0.892 bits per heavy atom. The standard InChI is InChI=1S/C29H32N6O2/c36-28(31-15-18-34-16-4-1-5-17-34)26-21-35(27-9-3-2-8-25(26)27)24-12-10-23(11-13-24)33-29(37)32-20-22-7-6-14-30-19-22/h2-3,6-14,19,21H,1,4-5,15-18,20H2,(H,31,36)(H2,32,33,37). The van der Waals surface area contributed by atoms with E-state index in [1.807, 2.05) is 71.4 Å². The van der Waals surface area contributed by atoms with Crippen molar-refractivity contribution in [1.29, 1.82) is 0 Å². The van der Waals surface area contributed by atoms with Crippen molar-refractivity contribution in [1.82, 2.24) is 25.1 Å². The fraction of sp³-hybridized carbons (Fsp3) is 0.276. The number of nitrogens with zero attached hydrogens (tertiary/aromatic N) is 3. The van der Waals surface area contributed by atoms with E-state index in [0.717, 1.165) is 41.8 Å². The molecule has 0 saturated carbocycles. The second kappa shape index (κ2) is 11.7. The molecule has 37 heavy (non-hydrogen) atoms. The molecule has 1 aliphatic heterocycles. The lowest BCUT2D eigenvalue weighted by Crippen LogP contribution is -2.37. The zero-order valence-electron chi connectivity index (χ0n) is 20.8. The number of amides is 3. The van der Waals surface area contributed by atoms with E-state index in [9.17, 15) is 9.59 Å². The highest BCUT2D eigenvalue weighted by Crippen LogP contribution is 2.26. The van der Waals surface area contributed by atoms with Crippen molar-refractivity contribution in [2.45, 2.75) is 25.8 Å². The molecular formula is C29H32N6O2. The molecule has 0 aliphatic carbocycles. The van der Waals surface area contributed by atoms with Crippen LogP contribution in [0.4, 0.5) is 10.5 Å². The van der Waals surface area contributed by atoms with Crippen molar-refractivity contribution in [3.8, 4) is 5.69 Å². The molecule has 1 saturated heterocycles. The highest BCUT2D eigenvalue weighted by molar-refractivity contribution is 6.07. The number of carbonyl (C=O) groups is 2. The number of aromatic nitrogens is 2. The van der Waals surface area contributed by atoms with Gasteiger partial charge >= 0.3 is 6.03 Å². The number of likely N-dealkylation sites (tertiary alicyclic amines) is 1. The number of nitrogens with one attached hydrogen (secondary N) is 3. The Morgan fingerprint density at radius 3 is 2.49 bits per heavy atom. The number of urea groups is 1. The molecule has 190 valence electrons. The maximum Gasteiger partial charge on any atom is 0.319 e. The molecule has 1 aliphatic rings. The second-order valence-electron chi connectivity index (χ2n) is 9.30. The SMILES string of the molecule is O=C(NCc1cccnc1)Nc1ccc(-n2cc(C(=O)NCCN3CCCCC3)c3ccccc32)cc1. The summed E-state index contributed by atoms with van der Waals surface area (Å²) in [5.74, 6) is -0.0597. The number of anilines is 1. The lowest BCUT2D eigenvalue weighted by molar-refractivity contribution is 0.0948. The van der Waals surface area contributed by atoms with Crippen LogP contribution < -0.4 is 16.0 Å². The van der Waals surface area contributed by atoms with Gasteiger partial charge in [0.05, 0.1) is 11.1 Å². The van der Waals surface area contributed by atoms with Crippen LogP contribution in [0, 0.1) is 0 Å². The molecular weight excluding hydrogens is 464 g/mol. The van der Waals surface area contributed by atoms with Gasteiger partial charge in [-0.2, -0.15) is 0 Å². The molecule has 0 bridgehead atoms. The van der Waals surface area contributed by atoms with E-state index in [-0.39, 0.29) is 11.9 Å². The first-order chi connectivity index (χ1) is 18.2. The van der Waals surface area contributed by atoms with Crippen molar-refractivity contribution in [3.63, 3.8) is 0 Å². The normalized spacial score (nSPS) is 13.8. The summed E-state index contributed by atoms with van der Waals surface area (Å²) >= 11 is 0. The van der Waals surface area contributed by atoms with Crippen molar-refractivity contribution < 1.29 is 9.59 Å². The van der Waals surface area contributed by atoms with Gasteiger partial charge in [-0.15, -0.1) is 0 Å². The van der Waals surface area contributed by atoms with Gasteiger partial charge in [-0.25, -0.2) is 4.79 Å². The lowest BCUT2D eigenvalue weighted by Gasteiger charge is -2.26. The molecule has 3 amide bonds. The molecule has 0 spiro atoms. The van der Waals surface area contributed by atoms with Gasteiger partial charge in [0.1, 0.15) is 0 Å². The summed E-state index contributed by atoms with van der Waals surface area (Å²) in [6.07, 6.45) is 9.10. The van der Waals surface area contributed by atoms with E-state index < -0.39 is 0 Å². The van der Waals surface area contributed by atoms with Crippen LogP contribution in [0.5, 0.6) is 0 Å². The van der Waals surface area contributed by atoms with Crippen LogP contribution >= 0.6 is 0 Å². The number of hydrogen-bond acceptors (Lipinski definition) is 4. The Labute approximate surface area is 216 Å². The van der Waals surface area contributed by atoms with E-state index in [1.165, 1.54) is 19.3 Å². The van der Waals surface area contributed by atoms with Gasteiger partial charge < -0.3 is 25.4 Å². The summed E-state index contributed by atoms with van der Waals surface area (Å²) in [7, 11) is 0. The number of rotatable bonds is 8. The minimum atomic E-state index is -0.286. The molecule has 8 nitrogen and oxygen atoms in total. The predicted molar refractivity (Wildman–Crippen MR) is 146 cm³/mol. The number of carbonyl (C=O) groups excluding carboxylic acids is 2. The molecule has 2 aromatic heterocycles. The van der Waals surface area contributed by atoms with Gasteiger partial charge in [-0.3, -0.25) is 9.78 Å². The van der Waals surface area contributed by atoms with Crippen LogP contribution in [-0.2, 0) is 6.54 Å². The smallest absolute Gasteiger partial charge is 0.319 e. The molecule has 3 heterocycles. The molecule has 1 fully saturated rings. The topological polar surface area (TPSA) is 91.3 Å². The van der Waals surface area contributed by atoms with Crippen LogP contribution in [0.3, 0.4) is 0 Å². The minimum absolute atomic E-state index is 0.0597. The summed E-state index contributed by atoms with van der Waals surface area (Å²) < 4.78 is 2.02. The number of hydrogen-bond donors (Lipinski definition) is 3. The lowest BCUT2D eigenvalue weighted by atomic mass is 10.1. The van der Waals surface area contributed by atoms with Gasteiger partial charge in [0.2, 0.25) is 0 Å². The van der Waals surface area contributed by atoms with E-state index in [4.69, 9.17) is 0 Å². The van der Waals surface area contributed by atoms with Crippen molar-refractivity contribution >= 4 is 28.5 Å². The highest BCUT2D eigenvalue weighted by atomic mass is 16.2. The third-order valence-corrected chi connectivity index (χ3v) is 6.70. The third-order valence-electron chi connectivity index (χ3n) is 6.70. The van der Waals surface area contributed by atoms with Gasteiger partial charge in [0.25, 0.3) is 5.91 Å². The van der Waals surface area contributed by atoms with Crippen LogP contribution in [0.15, 0.2) is 79.3 Å². The Bertz CT molecular complexity index is 1340. The third kappa shape index (κ3) is 6.16. The Balaban J connectivity index is 1.24. The van der Waals surface area contributed by atoms with Crippen molar-refractivity contribution in [2.75, 3.05) is 31.5 Å². The average Bonchev–Trinajstić information content (AvgIpc) is 3.33. The zero-order chi connectivity index (χ0) is 25.5. The zero-order valence-corrected chi connectivity index (χ0v) is 20.8. The molecule has 8 heteroatoms. The largest absolute Gasteiger partial charge is 0.351 e. The first-order valence-corrected chi connectivity index (χ1v) is 12.8. The number of piperidine rings is 1. The minimum Gasteiger partial charge on any atom is -0.351 e. The first kappa shape index (κ1) is 24.5. The number of para-hydroxylation sites is 1. The molecule has 0 unspecified atom stereocenters. The van der Waals surface area contributed by atoms with Crippen LogP contribution in [0.2, 0.25) is 0 Å². The predicted octanol–water partition coefficient (Wildman–Crippen LogP) is 4.56. The summed E-state index contributed by atoms with van der Waals surface area (Å²) in [5.41, 5.74) is 4.13. The van der Waals surface area contributed by atoms with Gasteiger partial charge in [0.15, 0.2) is 0 Å². The molecule has 3 N–H and O–H groups in total. The monoisotopic (exact) mass is 496 g/mol. The molecule has 0 atom stereocenters. The first-order valence-electron chi connectivity index (χ1n) is 12.8. The van der Waals surface area contributed by atoms with E-state index in [2.05, 4.69) is 25.8 Å². The Hall–Kier alpha value is -4.17. The van der Waals surface area contributed by atoms with E-state index in [1.54, 1.807) is 12.4 Å². The van der Waals surface area contributed by atoms with Crippen molar-refractivity contribution in [3.05, 3.63) is 90.4 Å². The van der Waals surface area contributed by atoms with Crippen LogP contribution in [0.25, 0.3) is 16.6 Å². The van der Waals surface area contributed by atoms with Crippen LogP contribution in [0.1, 0.15) is 35.2 Å². The fourth-order valence-corrected chi connectivity index (χ4v) is 4.75. The average molecular weight is 497 g/mol. The van der Waals surface area contributed by atoms with Gasteiger partial charge in [0, 0.05) is 55.0 Å². The Morgan fingerprint density at radius 2 is 1.70 bits per heavy atom. The summed E-state index contributed by atoms with van der Waals surface area (Å²) in [4.78, 5) is 31.8. The summed E-state index contributed by atoms with van der Waals surface area (Å²) in [6.45, 7) is 4.16. The number of benzene rings is 2. The van der Waals surface area contributed by atoms with Gasteiger partial charge in [-0.1, -0.05) is 30.7 Å². The molecule has 5 rings (SSSR count). The van der Waals surface area contributed by atoms with Crippen molar-refractivity contribution in [2.24, 2.45) is 0 Å². The van der Waals surface area contributed by atoms with Crippen LogP contribution in [-0.4, -0.2) is 52.6 Å². The maximum atomic E-state index is 13.1. The summed E-state index contributed by atoms with van der Waals surface area (Å²) in [5, 5.41) is 9.70. The van der Waals surface area contributed by atoms with E-state index in [0.29, 0.717) is 24.3 Å². The van der Waals surface area contributed by atoms with E-state index >= 15 is 0 Å². The number of pyridine rings is 1. The Kier molecular flexibility index (Phi) is 7.76. The maximum absolute atomic E-state index is 13.1. The molecule has 2 aromatic carbocycles. The second-order valence-corrected chi connectivity index (χ2v) is 9.30. The molecule has 4 aromatic rings. The van der Waals surface area contributed by atoms with Gasteiger partial charge in [-0.05, 0) is 67.9 Å². The molecule has 0 radical (unpaired) electrons. The quantitative estimate of drug-likeness (QED) is 0.333. The highest BCUT2D eigenvalue weighted by Gasteiger charge is 2.16.